The molecule has 78 valence electrons. The lowest BCUT2D eigenvalue weighted by atomic mass is 10.2. The minimum Gasteiger partial charge on any atom is -0.394 e. The Morgan fingerprint density at radius 2 is 2.21 bits per heavy atom. The second-order valence-electron chi connectivity index (χ2n) is 3.41. The van der Waals surface area contributed by atoms with Crippen LogP contribution in [0.3, 0.4) is 0 Å². The summed E-state index contributed by atoms with van der Waals surface area (Å²) >= 11 is 3.30. The Balaban J connectivity index is 3.08. The van der Waals surface area contributed by atoms with Gasteiger partial charge >= 0.3 is 0 Å². The van der Waals surface area contributed by atoms with Crippen LogP contribution in [0.5, 0.6) is 0 Å². The standard InChI is InChI=1S/C9H14BrN3O/c1-5(2)9-12-3-6(10)8(13-9)7(11)4-14/h3,5,7,14H,4,11H2,1-2H3. The zero-order chi connectivity index (χ0) is 10.7. The van der Waals surface area contributed by atoms with E-state index in [1.54, 1.807) is 6.20 Å². The Hall–Kier alpha value is -0.520. The van der Waals surface area contributed by atoms with Crippen molar-refractivity contribution >= 4 is 15.9 Å². The van der Waals surface area contributed by atoms with Gasteiger partial charge in [-0.25, -0.2) is 9.97 Å². The average molecular weight is 260 g/mol. The molecular weight excluding hydrogens is 246 g/mol. The third kappa shape index (κ3) is 2.50. The van der Waals surface area contributed by atoms with E-state index >= 15 is 0 Å². The van der Waals surface area contributed by atoms with Gasteiger partial charge in [0.2, 0.25) is 0 Å². The first kappa shape index (κ1) is 11.6. The van der Waals surface area contributed by atoms with Crippen molar-refractivity contribution in [3.05, 3.63) is 22.2 Å². The molecule has 1 rings (SSSR count). The van der Waals surface area contributed by atoms with Crippen molar-refractivity contribution in [2.24, 2.45) is 5.73 Å². The van der Waals surface area contributed by atoms with Crippen molar-refractivity contribution in [3.63, 3.8) is 0 Å². The van der Waals surface area contributed by atoms with Crippen LogP contribution in [0.25, 0.3) is 0 Å². The fourth-order valence-corrected chi connectivity index (χ4v) is 1.50. The normalized spacial score (nSPS) is 13.3. The molecule has 0 aliphatic carbocycles. The highest BCUT2D eigenvalue weighted by molar-refractivity contribution is 9.10. The zero-order valence-electron chi connectivity index (χ0n) is 8.24. The first-order valence-corrected chi connectivity index (χ1v) is 5.24. The quantitative estimate of drug-likeness (QED) is 0.860. The van der Waals surface area contributed by atoms with Crippen LogP contribution in [0.4, 0.5) is 0 Å². The van der Waals surface area contributed by atoms with Gasteiger partial charge in [-0.3, -0.25) is 0 Å². The highest BCUT2D eigenvalue weighted by atomic mass is 79.9. The molecule has 0 bridgehead atoms. The minimum atomic E-state index is -0.454. The van der Waals surface area contributed by atoms with E-state index in [1.165, 1.54) is 0 Å². The zero-order valence-corrected chi connectivity index (χ0v) is 9.82. The first-order chi connectivity index (χ1) is 6.56. The number of hydrogen-bond acceptors (Lipinski definition) is 4. The molecule has 0 fully saturated rings. The van der Waals surface area contributed by atoms with Gasteiger partial charge in [-0.05, 0) is 15.9 Å². The van der Waals surface area contributed by atoms with Crippen LogP contribution in [0.2, 0.25) is 0 Å². The maximum absolute atomic E-state index is 8.94. The van der Waals surface area contributed by atoms with Crippen LogP contribution >= 0.6 is 15.9 Å². The maximum atomic E-state index is 8.94. The van der Waals surface area contributed by atoms with E-state index in [9.17, 15) is 0 Å². The number of hydrogen-bond donors (Lipinski definition) is 2. The lowest BCUT2D eigenvalue weighted by Crippen LogP contribution is -2.18. The Morgan fingerprint density at radius 1 is 1.57 bits per heavy atom. The van der Waals surface area contributed by atoms with E-state index in [0.717, 1.165) is 10.3 Å². The number of nitrogens with two attached hydrogens (primary N) is 1. The SMILES string of the molecule is CC(C)c1ncc(Br)c(C(N)CO)n1. The monoisotopic (exact) mass is 259 g/mol. The van der Waals surface area contributed by atoms with Crippen molar-refractivity contribution < 1.29 is 5.11 Å². The summed E-state index contributed by atoms with van der Waals surface area (Å²) in [7, 11) is 0. The van der Waals surface area contributed by atoms with Crippen molar-refractivity contribution in [3.8, 4) is 0 Å². The minimum absolute atomic E-state index is 0.118. The number of aliphatic hydroxyl groups excluding tert-OH is 1. The molecule has 3 N–H and O–H groups in total. The molecule has 0 saturated heterocycles. The predicted octanol–water partition coefficient (Wildman–Crippen LogP) is 1.35. The Bertz CT molecular complexity index is 317. The van der Waals surface area contributed by atoms with Crippen LogP contribution in [-0.4, -0.2) is 21.7 Å². The smallest absolute Gasteiger partial charge is 0.131 e. The van der Waals surface area contributed by atoms with Crippen molar-refractivity contribution in [1.82, 2.24) is 9.97 Å². The van der Waals surface area contributed by atoms with Gasteiger partial charge in [0.05, 0.1) is 22.8 Å². The highest BCUT2D eigenvalue weighted by Crippen LogP contribution is 2.20. The van der Waals surface area contributed by atoms with Crippen LogP contribution < -0.4 is 5.73 Å². The third-order valence-corrected chi connectivity index (χ3v) is 2.47. The summed E-state index contributed by atoms with van der Waals surface area (Å²) in [5.41, 5.74) is 6.35. The number of aliphatic hydroxyl groups is 1. The van der Waals surface area contributed by atoms with Crippen molar-refractivity contribution in [2.75, 3.05) is 6.61 Å². The lowest BCUT2D eigenvalue weighted by molar-refractivity contribution is 0.265. The van der Waals surface area contributed by atoms with E-state index in [2.05, 4.69) is 25.9 Å². The molecule has 4 nitrogen and oxygen atoms in total. The van der Waals surface area contributed by atoms with Gasteiger partial charge in [0.25, 0.3) is 0 Å². The largest absolute Gasteiger partial charge is 0.394 e. The van der Waals surface area contributed by atoms with E-state index in [4.69, 9.17) is 10.8 Å². The van der Waals surface area contributed by atoms with E-state index in [0.29, 0.717) is 5.69 Å². The van der Waals surface area contributed by atoms with Gasteiger partial charge in [-0.15, -0.1) is 0 Å². The Kier molecular flexibility index (Phi) is 3.97. The van der Waals surface area contributed by atoms with Gasteiger partial charge in [-0.2, -0.15) is 0 Å². The van der Waals surface area contributed by atoms with Crippen LogP contribution in [0.1, 0.15) is 37.3 Å². The lowest BCUT2D eigenvalue weighted by Gasteiger charge is -2.12. The summed E-state index contributed by atoms with van der Waals surface area (Å²) in [6, 6.07) is -0.454. The number of aromatic nitrogens is 2. The molecule has 0 aromatic carbocycles. The molecule has 1 heterocycles. The molecule has 0 radical (unpaired) electrons. The van der Waals surface area contributed by atoms with E-state index < -0.39 is 6.04 Å². The summed E-state index contributed by atoms with van der Waals surface area (Å²) < 4.78 is 0.739. The van der Waals surface area contributed by atoms with Crippen LogP contribution in [0.15, 0.2) is 10.7 Å². The summed E-state index contributed by atoms with van der Waals surface area (Å²) in [4.78, 5) is 8.46. The fourth-order valence-electron chi connectivity index (χ4n) is 1.02. The second kappa shape index (κ2) is 4.82. The maximum Gasteiger partial charge on any atom is 0.131 e. The summed E-state index contributed by atoms with van der Waals surface area (Å²) in [5.74, 6) is 1.000. The van der Waals surface area contributed by atoms with Crippen molar-refractivity contribution in [1.29, 1.82) is 0 Å². The number of halogens is 1. The topological polar surface area (TPSA) is 72.0 Å². The van der Waals surface area contributed by atoms with Gasteiger partial charge in [0.1, 0.15) is 5.82 Å². The molecule has 1 atom stereocenters. The molecular formula is C9H14BrN3O. The summed E-state index contributed by atoms with van der Waals surface area (Å²) in [6.07, 6.45) is 1.67. The summed E-state index contributed by atoms with van der Waals surface area (Å²) in [5, 5.41) is 8.94. The molecule has 1 aromatic heterocycles. The predicted molar refractivity (Wildman–Crippen MR) is 57.8 cm³/mol. The average Bonchev–Trinajstić information content (AvgIpc) is 2.17. The second-order valence-corrected chi connectivity index (χ2v) is 4.26. The number of rotatable bonds is 3. The molecule has 0 saturated carbocycles. The Labute approximate surface area is 91.7 Å². The first-order valence-electron chi connectivity index (χ1n) is 4.45. The van der Waals surface area contributed by atoms with Crippen LogP contribution in [0, 0.1) is 0 Å². The molecule has 1 unspecified atom stereocenters. The number of nitrogens with zero attached hydrogens (tertiary/aromatic N) is 2. The van der Waals surface area contributed by atoms with E-state index in [-0.39, 0.29) is 12.5 Å². The Morgan fingerprint density at radius 3 is 2.71 bits per heavy atom. The van der Waals surface area contributed by atoms with E-state index in [1.807, 2.05) is 13.8 Å². The third-order valence-electron chi connectivity index (χ3n) is 1.85. The molecule has 14 heavy (non-hydrogen) atoms. The molecule has 0 spiro atoms. The van der Waals surface area contributed by atoms with Crippen molar-refractivity contribution in [2.45, 2.75) is 25.8 Å². The molecule has 5 heteroatoms. The van der Waals surface area contributed by atoms with Gasteiger partial charge < -0.3 is 10.8 Å². The van der Waals surface area contributed by atoms with Gasteiger partial charge in [0, 0.05) is 12.1 Å². The van der Waals surface area contributed by atoms with Gasteiger partial charge in [0.15, 0.2) is 0 Å². The molecule has 0 aliphatic heterocycles. The molecule has 1 aromatic rings. The molecule has 0 aliphatic rings. The fraction of sp³-hybridized carbons (Fsp3) is 0.556. The van der Waals surface area contributed by atoms with Gasteiger partial charge in [-0.1, -0.05) is 13.8 Å². The molecule has 0 amide bonds. The summed E-state index contributed by atoms with van der Waals surface area (Å²) in [6.45, 7) is 3.90. The van der Waals surface area contributed by atoms with Crippen LogP contribution in [-0.2, 0) is 0 Å². The highest BCUT2D eigenvalue weighted by Gasteiger charge is 2.13.